The second-order valence-electron chi connectivity index (χ2n) is 8.33. The second kappa shape index (κ2) is 19.7. The van der Waals surface area contributed by atoms with Crippen LogP contribution in [0.3, 0.4) is 0 Å². The fraction of sp³-hybridized carbons (Fsp3) is 0. The first-order chi connectivity index (χ1) is 21.4. The van der Waals surface area contributed by atoms with E-state index in [1.807, 2.05) is 0 Å². The summed E-state index contributed by atoms with van der Waals surface area (Å²) in [7, 11) is -4.74. The van der Waals surface area contributed by atoms with Crippen LogP contribution in [0.25, 0.3) is 22.9 Å². The van der Waals surface area contributed by atoms with E-state index < -0.39 is 40.1 Å². The molecule has 0 aliphatic carbocycles. The first-order valence-corrected chi connectivity index (χ1v) is 22.0. The van der Waals surface area contributed by atoms with Crippen molar-refractivity contribution in [1.82, 2.24) is 0 Å². The third-order valence-electron chi connectivity index (χ3n) is 4.73. The molecule has 0 spiro atoms. The van der Waals surface area contributed by atoms with E-state index in [0.717, 1.165) is 0 Å². The van der Waals surface area contributed by atoms with E-state index in [4.69, 9.17) is 62.9 Å². The quantitative estimate of drug-likeness (QED) is 0.191. The van der Waals surface area contributed by atoms with Gasteiger partial charge in [0.15, 0.2) is 0 Å². The normalized spacial score (nSPS) is 11.1. The van der Waals surface area contributed by atoms with Crippen molar-refractivity contribution in [3.8, 4) is 0 Å². The van der Waals surface area contributed by atoms with Gasteiger partial charge in [0.05, 0.1) is 19.6 Å². The van der Waals surface area contributed by atoms with Crippen molar-refractivity contribution >= 4 is 82.2 Å². The van der Waals surface area contributed by atoms with Gasteiger partial charge in [0.2, 0.25) is 40.1 Å². The van der Waals surface area contributed by atoms with E-state index >= 15 is 0 Å². The van der Waals surface area contributed by atoms with Gasteiger partial charge in [-0.15, -0.1) is 22.7 Å². The van der Waals surface area contributed by atoms with E-state index in [2.05, 4.69) is 0 Å². The monoisotopic (exact) mass is 857 g/mol. The van der Waals surface area contributed by atoms with Crippen LogP contribution in [-0.4, -0.2) is 33.7 Å². The van der Waals surface area contributed by atoms with Gasteiger partial charge < -0.3 is 22.9 Å². The maximum atomic E-state index is 10.7. The first-order valence-electron chi connectivity index (χ1n) is 11.6. The molecule has 263 valence electrons. The minimum absolute atomic E-state index is 0.0356. The zero-order valence-corrected chi connectivity index (χ0v) is 30.0. The van der Waals surface area contributed by atoms with Crippen LogP contribution < -0.4 is 20.6 Å². The van der Waals surface area contributed by atoms with Crippen molar-refractivity contribution in [3.63, 3.8) is 0 Å². The summed E-state index contributed by atoms with van der Waals surface area (Å²) in [5.74, 6) is 0. The van der Waals surface area contributed by atoms with Gasteiger partial charge >= 0.3 is 34.5 Å². The molecule has 4 aromatic rings. The zero-order chi connectivity index (χ0) is 36.6. The molecule has 0 aliphatic heterocycles. The molecule has 0 atom stereocenters. The van der Waals surface area contributed by atoms with Crippen LogP contribution in [0, 0.1) is 0 Å². The van der Waals surface area contributed by atoms with Crippen LogP contribution in [0.4, 0.5) is 22.7 Å². The van der Waals surface area contributed by atoms with Gasteiger partial charge in [0.25, 0.3) is 0 Å². The van der Waals surface area contributed by atoms with Crippen LogP contribution in [0.2, 0.25) is 0 Å². The molecule has 0 unspecified atom stereocenters. The summed E-state index contributed by atoms with van der Waals surface area (Å²) in [6, 6.07) is 21.4. The van der Waals surface area contributed by atoms with Gasteiger partial charge in [-0.3, -0.25) is 0 Å². The van der Waals surface area contributed by atoms with Gasteiger partial charge in [-0.2, -0.15) is 0 Å². The average Bonchev–Trinajstić information content (AvgIpc) is 2.94. The van der Waals surface area contributed by atoms with E-state index in [1.54, 1.807) is 0 Å². The molecule has 23 heteroatoms. The van der Waals surface area contributed by atoms with Crippen LogP contribution in [-0.2, 0) is 55.2 Å². The number of benzene rings is 4. The van der Waals surface area contributed by atoms with Crippen molar-refractivity contribution in [1.29, 1.82) is 0 Å². The Morgan fingerprint density at radius 2 is 0.468 bits per heavy atom. The number of hydrogen-bond acceptors (Lipinski definition) is 8. The molecule has 47 heavy (non-hydrogen) atoms. The fourth-order valence-corrected chi connectivity index (χ4v) is 4.64. The number of hydrogen-bond donors (Lipinski definition) is 4. The van der Waals surface area contributed by atoms with E-state index in [1.165, 1.54) is 97.1 Å². The molecule has 0 heterocycles. The molecule has 16 nitrogen and oxygen atoms in total. The van der Waals surface area contributed by atoms with Crippen molar-refractivity contribution < 1.29 is 48.8 Å². The topological polar surface area (TPSA) is 336 Å². The third kappa shape index (κ3) is 19.4. The van der Waals surface area contributed by atoms with Crippen molar-refractivity contribution in [3.05, 3.63) is 120 Å². The Bertz CT molecular complexity index is 1700. The minimum atomic E-state index is -3.60. The Balaban J connectivity index is 0.000000583. The molecule has 4 rings (SSSR count). The number of nitrogens with two attached hydrogens (primary N) is 4. The number of sulfonamides is 4. The summed E-state index contributed by atoms with van der Waals surface area (Å²) in [6.07, 6.45) is 0. The Morgan fingerprint density at radius 1 is 0.362 bits per heavy atom. The van der Waals surface area contributed by atoms with Gasteiger partial charge in [-0.05, 0) is 48.5 Å². The van der Waals surface area contributed by atoms with Gasteiger partial charge in [-0.25, -0.2) is 54.2 Å². The maximum Gasteiger partial charge on any atom is 0.238 e. The third-order valence-corrected chi connectivity index (χ3v) is 8.45. The molecule has 0 saturated carbocycles. The molecule has 4 aromatic carbocycles. The Hall–Kier alpha value is -3.08. The average molecular weight is 859 g/mol. The minimum Gasteiger partial charge on any atom is -0.699 e. The molecule has 0 fully saturated rings. The van der Waals surface area contributed by atoms with Crippen LogP contribution in [0.1, 0.15) is 0 Å². The summed E-state index contributed by atoms with van der Waals surface area (Å²) in [5, 5.41) is 19.3. The number of nitrogens with one attached hydrogen (secondary N) is 4. The Kier molecular flexibility index (Phi) is 18.4. The van der Waals surface area contributed by atoms with Crippen molar-refractivity contribution in [2.45, 2.75) is 19.6 Å². The SMILES string of the molecule is [Cl][Rh][Cl].[NH-]c1ccc(S(N)(=O)=O)cc1.[NH-]c1ccc(S(N)(=O)=O)cc1.[NH-]c1ccc(S(N)(=O)=O)cc1.[NH-]c1ccc(S(N)(=O)=O)cc1. The maximum absolute atomic E-state index is 10.7. The standard InChI is InChI=1S/4C6H7N2O2S.2ClH.Rh/c4*7-5-1-3-6(4-2-5)11(8,9)10;;;/h4*1-4,7H,(H2,8,9,10);2*1H;/q4*-1;;;+2/p-2. The summed E-state index contributed by atoms with van der Waals surface area (Å²) >= 11 is -0.226. The van der Waals surface area contributed by atoms with Gasteiger partial charge in [0.1, 0.15) is 0 Å². The van der Waals surface area contributed by atoms with Crippen LogP contribution >= 0.6 is 19.4 Å². The predicted octanol–water partition coefficient (Wildman–Crippen LogP) is 5.45. The summed E-state index contributed by atoms with van der Waals surface area (Å²) < 4.78 is 85.3. The molecule has 0 aromatic heterocycles. The Labute approximate surface area is 289 Å². The zero-order valence-electron chi connectivity index (χ0n) is 23.5. The number of halogens is 2. The summed E-state index contributed by atoms with van der Waals surface area (Å²) in [4.78, 5) is 0.143. The molecular formula is C24H28Cl2N8O8RhS4-4. The second-order valence-corrected chi connectivity index (χ2v) is 17.1. The molecular weight excluding hydrogens is 830 g/mol. The molecule has 0 aliphatic rings. The molecule has 0 amide bonds. The number of primary sulfonamides is 4. The smallest absolute Gasteiger partial charge is 0.238 e. The van der Waals surface area contributed by atoms with E-state index in [9.17, 15) is 33.7 Å². The van der Waals surface area contributed by atoms with Gasteiger partial charge in [0, 0.05) is 0 Å². The van der Waals surface area contributed by atoms with E-state index in [-0.39, 0.29) is 57.5 Å². The number of rotatable bonds is 4. The van der Waals surface area contributed by atoms with Crippen molar-refractivity contribution in [2.24, 2.45) is 20.6 Å². The fourth-order valence-electron chi connectivity index (χ4n) is 2.58. The van der Waals surface area contributed by atoms with Gasteiger partial charge in [-0.1, -0.05) is 48.5 Å². The summed E-state index contributed by atoms with van der Waals surface area (Å²) in [6.45, 7) is 0. The van der Waals surface area contributed by atoms with E-state index in [0.29, 0.717) is 0 Å². The van der Waals surface area contributed by atoms with Crippen LogP contribution in [0.15, 0.2) is 117 Å². The molecule has 0 saturated heterocycles. The molecule has 0 radical (unpaired) electrons. The summed E-state index contributed by atoms with van der Waals surface area (Å²) in [5.41, 5.74) is 29.3. The molecule has 0 bridgehead atoms. The Morgan fingerprint density at radius 3 is 0.553 bits per heavy atom. The first kappa shape index (κ1) is 43.9. The largest absolute Gasteiger partial charge is 0.699 e. The van der Waals surface area contributed by atoms with Crippen LogP contribution in [0.5, 0.6) is 0 Å². The predicted molar refractivity (Wildman–Crippen MR) is 179 cm³/mol. The van der Waals surface area contributed by atoms with Crippen molar-refractivity contribution in [2.75, 3.05) is 0 Å². The molecule has 12 N–H and O–H groups in total.